The van der Waals surface area contributed by atoms with Gasteiger partial charge in [0.05, 0.1) is 43.4 Å². The zero-order chi connectivity index (χ0) is 29.4. The maximum absolute atomic E-state index is 14.4. The van der Waals surface area contributed by atoms with Crippen LogP contribution < -0.4 is 29.3 Å². The Labute approximate surface area is 249 Å². The molecule has 1 atom stereocenters. The fraction of sp³-hybridized carbons (Fsp3) is 0.333. The van der Waals surface area contributed by atoms with Gasteiger partial charge in [0.25, 0.3) is 11.5 Å². The van der Waals surface area contributed by atoms with Crippen molar-refractivity contribution in [2.24, 2.45) is 4.99 Å². The third kappa shape index (κ3) is 4.80. The number of allylic oxidation sites excluding steroid dienone is 1. The summed E-state index contributed by atoms with van der Waals surface area (Å²) in [4.78, 5) is 48.6. The van der Waals surface area contributed by atoms with Crippen molar-refractivity contribution >= 4 is 50.4 Å². The molecule has 0 saturated carbocycles. The lowest BCUT2D eigenvalue weighted by atomic mass is 9.93. The number of thiazole rings is 1. The number of halogens is 1. The standard InChI is InChI=1S/C30H30BrN3O6S/c1-6-9-20-24(29(37)40-8-3)25(19-15-17(38-4)11-13-22(19)39-5)34-28(36)26(41-30(34)32-20)23-18-14-16(31)10-12-21(18)33(7-2)27(23)35/h10-15,25H,6-9H2,1-5H3/b26-23-/t25-/m1/s1. The number of hydrogen-bond donors (Lipinski definition) is 0. The molecule has 3 aromatic rings. The van der Waals surface area contributed by atoms with Crippen LogP contribution in [0.5, 0.6) is 11.5 Å². The number of amides is 1. The third-order valence-corrected chi connectivity index (χ3v) is 8.67. The Morgan fingerprint density at radius 1 is 1.07 bits per heavy atom. The van der Waals surface area contributed by atoms with Gasteiger partial charge in [0.2, 0.25) is 0 Å². The van der Waals surface area contributed by atoms with Crippen LogP contribution in [-0.2, 0) is 14.3 Å². The number of nitrogens with zero attached hydrogens (tertiary/aromatic N) is 3. The summed E-state index contributed by atoms with van der Waals surface area (Å²) < 4.78 is 19.2. The number of anilines is 1. The van der Waals surface area contributed by atoms with Crippen molar-refractivity contribution in [3.8, 4) is 11.5 Å². The Morgan fingerprint density at radius 3 is 2.51 bits per heavy atom. The first-order valence-electron chi connectivity index (χ1n) is 13.4. The summed E-state index contributed by atoms with van der Waals surface area (Å²) in [5, 5.41) is 0. The first-order valence-corrected chi connectivity index (χ1v) is 15.0. The quantitative estimate of drug-likeness (QED) is 0.344. The Bertz CT molecular complexity index is 1770. The number of benzene rings is 2. The normalized spacial score (nSPS) is 17.3. The predicted molar refractivity (Wildman–Crippen MR) is 160 cm³/mol. The molecule has 2 aliphatic rings. The van der Waals surface area contributed by atoms with Crippen LogP contribution in [0.25, 0.3) is 5.57 Å². The van der Waals surface area contributed by atoms with Gasteiger partial charge in [-0.05, 0) is 56.7 Å². The Hall–Kier alpha value is -3.70. The Morgan fingerprint density at radius 2 is 1.85 bits per heavy atom. The van der Waals surface area contributed by atoms with E-state index in [1.54, 1.807) is 37.1 Å². The summed E-state index contributed by atoms with van der Waals surface area (Å²) in [5.74, 6) is 0.193. The number of rotatable bonds is 8. The second kappa shape index (κ2) is 11.7. The molecule has 41 heavy (non-hydrogen) atoms. The molecule has 9 nitrogen and oxygen atoms in total. The second-order valence-corrected chi connectivity index (χ2v) is 11.3. The topological polar surface area (TPSA) is 99.4 Å². The number of carbonyl (C=O) groups is 2. The lowest BCUT2D eigenvalue weighted by Gasteiger charge is -2.27. The van der Waals surface area contributed by atoms with E-state index < -0.39 is 17.6 Å². The van der Waals surface area contributed by atoms with Crippen LogP contribution in [0.1, 0.15) is 50.8 Å². The van der Waals surface area contributed by atoms with Crippen molar-refractivity contribution in [1.82, 2.24) is 4.57 Å². The highest BCUT2D eigenvalue weighted by Gasteiger charge is 2.38. The molecule has 2 aliphatic heterocycles. The zero-order valence-corrected chi connectivity index (χ0v) is 25.8. The Kier molecular flexibility index (Phi) is 8.19. The van der Waals surface area contributed by atoms with Gasteiger partial charge in [0.1, 0.15) is 22.1 Å². The second-order valence-electron chi connectivity index (χ2n) is 9.43. The van der Waals surface area contributed by atoms with E-state index in [9.17, 15) is 14.4 Å². The summed E-state index contributed by atoms with van der Waals surface area (Å²) in [6.45, 7) is 6.23. The van der Waals surface area contributed by atoms with E-state index in [-0.39, 0.29) is 22.6 Å². The lowest BCUT2D eigenvalue weighted by molar-refractivity contribution is -0.139. The van der Waals surface area contributed by atoms with Gasteiger partial charge in [-0.2, -0.15) is 0 Å². The highest BCUT2D eigenvalue weighted by atomic mass is 79.9. The number of esters is 1. The van der Waals surface area contributed by atoms with Gasteiger partial charge in [0, 0.05) is 22.1 Å². The van der Waals surface area contributed by atoms with Gasteiger partial charge in [0.15, 0.2) is 4.80 Å². The first-order chi connectivity index (χ1) is 19.8. The van der Waals surface area contributed by atoms with Crippen molar-refractivity contribution in [2.75, 3.05) is 32.3 Å². The van der Waals surface area contributed by atoms with E-state index in [2.05, 4.69) is 15.9 Å². The van der Waals surface area contributed by atoms with Gasteiger partial charge < -0.3 is 19.1 Å². The summed E-state index contributed by atoms with van der Waals surface area (Å²) >= 11 is 4.66. The predicted octanol–water partition coefficient (Wildman–Crippen LogP) is 4.09. The van der Waals surface area contributed by atoms with E-state index >= 15 is 0 Å². The number of ether oxygens (including phenoxy) is 3. The SMILES string of the molecule is CCCC1=C(C(=O)OCC)[C@@H](c2cc(OC)ccc2OC)n2c(s/c(=C3\C(=O)N(CC)c4ccc(Br)cc43)c2=O)=N1. The smallest absolute Gasteiger partial charge is 0.338 e. The fourth-order valence-electron chi connectivity index (χ4n) is 5.36. The molecular formula is C30H30BrN3O6S. The molecule has 5 rings (SSSR count). The van der Waals surface area contributed by atoms with E-state index in [1.165, 1.54) is 11.7 Å². The molecule has 214 valence electrons. The van der Waals surface area contributed by atoms with Crippen molar-refractivity contribution in [3.05, 3.63) is 83.0 Å². The molecule has 1 amide bonds. The zero-order valence-electron chi connectivity index (χ0n) is 23.4. The summed E-state index contributed by atoms with van der Waals surface area (Å²) in [6.07, 6.45) is 1.21. The van der Waals surface area contributed by atoms with Crippen LogP contribution in [0.3, 0.4) is 0 Å². The molecule has 3 heterocycles. The largest absolute Gasteiger partial charge is 0.497 e. The molecule has 1 aromatic heterocycles. The number of fused-ring (bicyclic) bond motifs is 2. The molecular weight excluding hydrogens is 610 g/mol. The number of aromatic nitrogens is 1. The highest BCUT2D eigenvalue weighted by molar-refractivity contribution is 9.10. The minimum absolute atomic E-state index is 0.158. The van der Waals surface area contributed by atoms with E-state index in [0.717, 1.165) is 27.9 Å². The molecule has 0 radical (unpaired) electrons. The number of hydrogen-bond acceptors (Lipinski definition) is 8. The molecule has 0 aliphatic carbocycles. The van der Waals surface area contributed by atoms with Crippen molar-refractivity contribution in [2.45, 2.75) is 39.7 Å². The Balaban J connectivity index is 1.90. The highest BCUT2D eigenvalue weighted by Crippen LogP contribution is 2.40. The van der Waals surface area contributed by atoms with Crippen molar-refractivity contribution in [3.63, 3.8) is 0 Å². The molecule has 0 spiro atoms. The molecule has 0 unspecified atom stereocenters. The van der Waals surface area contributed by atoms with Crippen LogP contribution in [0.4, 0.5) is 5.69 Å². The lowest BCUT2D eigenvalue weighted by Crippen LogP contribution is -2.41. The number of likely N-dealkylation sites (N-methyl/N-ethyl adjacent to an activating group) is 1. The maximum atomic E-state index is 14.4. The van der Waals surface area contributed by atoms with Crippen LogP contribution >= 0.6 is 27.3 Å². The van der Waals surface area contributed by atoms with Crippen LogP contribution in [0, 0.1) is 0 Å². The van der Waals surface area contributed by atoms with Crippen LogP contribution in [-0.4, -0.2) is 43.8 Å². The average Bonchev–Trinajstić information content (AvgIpc) is 3.43. The molecule has 0 N–H and O–H groups in total. The van der Waals surface area contributed by atoms with Gasteiger partial charge in [-0.3, -0.25) is 14.2 Å². The fourth-order valence-corrected chi connectivity index (χ4v) is 6.83. The van der Waals surface area contributed by atoms with E-state index in [1.807, 2.05) is 32.0 Å². The summed E-state index contributed by atoms with van der Waals surface area (Å²) in [7, 11) is 3.08. The maximum Gasteiger partial charge on any atom is 0.338 e. The number of methoxy groups -OCH3 is 2. The molecule has 0 bridgehead atoms. The van der Waals surface area contributed by atoms with Gasteiger partial charge in [-0.15, -0.1) is 0 Å². The van der Waals surface area contributed by atoms with Gasteiger partial charge >= 0.3 is 5.97 Å². The monoisotopic (exact) mass is 639 g/mol. The van der Waals surface area contributed by atoms with Crippen LogP contribution in [0.15, 0.2) is 61.9 Å². The van der Waals surface area contributed by atoms with Gasteiger partial charge in [-0.25, -0.2) is 9.79 Å². The molecule has 0 fully saturated rings. The minimum Gasteiger partial charge on any atom is -0.497 e. The average molecular weight is 641 g/mol. The van der Waals surface area contributed by atoms with E-state index in [0.29, 0.717) is 51.7 Å². The van der Waals surface area contributed by atoms with Crippen LogP contribution in [0.2, 0.25) is 0 Å². The summed E-state index contributed by atoms with van der Waals surface area (Å²) in [6, 6.07) is 9.93. The first kappa shape index (κ1) is 28.8. The van der Waals surface area contributed by atoms with E-state index in [4.69, 9.17) is 19.2 Å². The number of carbonyl (C=O) groups excluding carboxylic acids is 2. The molecule has 2 aromatic carbocycles. The molecule has 11 heteroatoms. The van der Waals surface area contributed by atoms with Crippen molar-refractivity contribution < 1.29 is 23.8 Å². The van der Waals surface area contributed by atoms with Gasteiger partial charge in [-0.1, -0.05) is 40.6 Å². The minimum atomic E-state index is -0.910. The summed E-state index contributed by atoms with van der Waals surface area (Å²) in [5.41, 5.74) is 2.66. The molecule has 0 saturated heterocycles. The van der Waals surface area contributed by atoms with Crippen molar-refractivity contribution in [1.29, 1.82) is 0 Å². The third-order valence-electron chi connectivity index (χ3n) is 7.12.